The Bertz CT molecular complexity index is 541. The zero-order valence-electron chi connectivity index (χ0n) is 11.7. The van der Waals surface area contributed by atoms with Crippen LogP contribution >= 0.6 is 11.3 Å². The number of nitrogens with zero attached hydrogens (tertiary/aromatic N) is 1. The summed E-state index contributed by atoms with van der Waals surface area (Å²) in [5.74, 6) is -0.948. The summed E-state index contributed by atoms with van der Waals surface area (Å²) in [5.41, 5.74) is 0.937. The summed E-state index contributed by atoms with van der Waals surface area (Å²) < 4.78 is 4.60. The molecule has 7 heteroatoms. The predicted octanol–water partition coefficient (Wildman–Crippen LogP) is 1.78. The minimum Gasteiger partial charge on any atom is -0.478 e. The Morgan fingerprint density at radius 3 is 3.14 bits per heavy atom. The van der Waals surface area contributed by atoms with E-state index in [-0.39, 0.29) is 6.04 Å². The van der Waals surface area contributed by atoms with Gasteiger partial charge < -0.3 is 15.2 Å². The Labute approximate surface area is 127 Å². The summed E-state index contributed by atoms with van der Waals surface area (Å²) in [6.07, 6.45) is 3.26. The number of carbonyl (C=O) groups is 2. The van der Waals surface area contributed by atoms with Crippen LogP contribution in [-0.2, 0) is 16.1 Å². The zero-order valence-corrected chi connectivity index (χ0v) is 12.6. The van der Waals surface area contributed by atoms with E-state index in [9.17, 15) is 9.59 Å². The van der Waals surface area contributed by atoms with Gasteiger partial charge in [0.25, 0.3) is 0 Å². The molecule has 0 aliphatic carbocycles. The van der Waals surface area contributed by atoms with Gasteiger partial charge in [-0.15, -0.1) is 11.3 Å². The minimum atomic E-state index is -0.948. The van der Waals surface area contributed by atoms with Crippen LogP contribution in [0, 0.1) is 0 Å². The van der Waals surface area contributed by atoms with Crippen LogP contribution in [-0.4, -0.2) is 48.3 Å². The molecule has 0 bridgehead atoms. The van der Waals surface area contributed by atoms with Crippen molar-refractivity contribution < 1.29 is 19.4 Å². The van der Waals surface area contributed by atoms with E-state index in [0.29, 0.717) is 0 Å². The average Bonchev–Trinajstić information content (AvgIpc) is 3.06. The number of amides is 1. The van der Waals surface area contributed by atoms with Gasteiger partial charge in [0.15, 0.2) is 0 Å². The topological polar surface area (TPSA) is 78.9 Å². The molecule has 21 heavy (non-hydrogen) atoms. The van der Waals surface area contributed by atoms with Crippen LogP contribution in [0.1, 0.15) is 16.9 Å². The molecular formula is C14H18N2O4S. The van der Waals surface area contributed by atoms with Crippen LogP contribution in [0.25, 0.3) is 6.08 Å². The van der Waals surface area contributed by atoms with E-state index in [4.69, 9.17) is 5.11 Å². The number of rotatable bonds is 5. The van der Waals surface area contributed by atoms with Gasteiger partial charge in [-0.1, -0.05) is 0 Å². The first-order valence-electron chi connectivity index (χ1n) is 6.62. The van der Waals surface area contributed by atoms with E-state index in [0.717, 1.165) is 42.6 Å². The van der Waals surface area contributed by atoms with Gasteiger partial charge in [-0.3, -0.25) is 4.90 Å². The van der Waals surface area contributed by atoms with Gasteiger partial charge in [-0.25, -0.2) is 9.59 Å². The normalized spacial score (nSPS) is 19.0. The molecule has 2 N–H and O–H groups in total. The fourth-order valence-corrected chi connectivity index (χ4v) is 3.22. The van der Waals surface area contributed by atoms with Crippen molar-refractivity contribution >= 4 is 29.5 Å². The van der Waals surface area contributed by atoms with Gasteiger partial charge in [0.1, 0.15) is 0 Å². The van der Waals surface area contributed by atoms with Crippen molar-refractivity contribution in [1.82, 2.24) is 10.2 Å². The van der Waals surface area contributed by atoms with Crippen molar-refractivity contribution in [2.75, 3.05) is 20.2 Å². The highest BCUT2D eigenvalue weighted by Gasteiger charge is 2.24. The second-order valence-corrected chi connectivity index (χ2v) is 5.83. The predicted molar refractivity (Wildman–Crippen MR) is 80.2 cm³/mol. The number of alkyl carbamates (subject to hydrolysis) is 1. The quantitative estimate of drug-likeness (QED) is 0.811. The molecule has 1 unspecified atom stereocenters. The van der Waals surface area contributed by atoms with E-state index in [1.54, 1.807) is 17.4 Å². The van der Waals surface area contributed by atoms with Crippen molar-refractivity contribution in [3.8, 4) is 0 Å². The van der Waals surface area contributed by atoms with E-state index < -0.39 is 12.1 Å². The molecule has 6 nitrogen and oxygen atoms in total. The minimum absolute atomic E-state index is 0.107. The maximum atomic E-state index is 11.2. The number of hydrogen-bond acceptors (Lipinski definition) is 5. The number of hydrogen-bond donors (Lipinski definition) is 2. The van der Waals surface area contributed by atoms with Crippen molar-refractivity contribution in [3.05, 3.63) is 28.0 Å². The van der Waals surface area contributed by atoms with Crippen LogP contribution in [0.15, 0.2) is 17.5 Å². The molecule has 1 fully saturated rings. The smallest absolute Gasteiger partial charge is 0.407 e. The molecule has 2 rings (SSSR count). The molecule has 1 aliphatic rings. The summed E-state index contributed by atoms with van der Waals surface area (Å²) >= 11 is 1.61. The number of likely N-dealkylation sites (tertiary alicyclic amines) is 1. The standard InChI is InChI=1S/C14H18N2O4S/c1-20-14(19)15-11-4-6-16(8-11)9-12-10(5-7-21-12)2-3-13(17)18/h2-3,5,7,11H,4,6,8-9H2,1H3,(H,15,19)(H,17,18)/b3-2+. The number of carboxylic acids is 1. The highest BCUT2D eigenvalue weighted by atomic mass is 32.1. The summed E-state index contributed by atoms with van der Waals surface area (Å²) in [7, 11) is 1.36. The van der Waals surface area contributed by atoms with Crippen molar-refractivity contribution in [2.45, 2.75) is 19.0 Å². The zero-order chi connectivity index (χ0) is 15.2. The van der Waals surface area contributed by atoms with E-state index in [1.807, 2.05) is 11.4 Å². The number of thiophene rings is 1. The second kappa shape index (κ2) is 7.24. The number of aliphatic carboxylic acids is 1. The van der Waals surface area contributed by atoms with E-state index >= 15 is 0 Å². The Hall–Kier alpha value is -1.86. The van der Waals surface area contributed by atoms with Gasteiger partial charge in [0.05, 0.1) is 7.11 Å². The lowest BCUT2D eigenvalue weighted by Gasteiger charge is -2.16. The lowest BCUT2D eigenvalue weighted by molar-refractivity contribution is -0.131. The fourth-order valence-electron chi connectivity index (χ4n) is 2.31. The van der Waals surface area contributed by atoms with Crippen LogP contribution in [0.3, 0.4) is 0 Å². The third-order valence-electron chi connectivity index (χ3n) is 3.33. The van der Waals surface area contributed by atoms with Crippen LogP contribution in [0.5, 0.6) is 0 Å². The molecule has 1 amide bonds. The number of methoxy groups -OCH3 is 1. The molecule has 1 saturated heterocycles. The van der Waals surface area contributed by atoms with Crippen LogP contribution in [0.2, 0.25) is 0 Å². The highest BCUT2D eigenvalue weighted by Crippen LogP contribution is 2.22. The number of carbonyl (C=O) groups excluding carboxylic acids is 1. The van der Waals surface area contributed by atoms with E-state index in [1.165, 1.54) is 7.11 Å². The molecule has 1 atom stereocenters. The van der Waals surface area contributed by atoms with Gasteiger partial charge in [0, 0.05) is 36.6 Å². The molecule has 1 aromatic rings. The third kappa shape index (κ3) is 4.57. The molecule has 0 saturated carbocycles. The van der Waals surface area contributed by atoms with Crippen molar-refractivity contribution in [2.24, 2.45) is 0 Å². The summed E-state index contributed by atoms with van der Waals surface area (Å²) in [5, 5.41) is 13.4. The Morgan fingerprint density at radius 1 is 1.62 bits per heavy atom. The summed E-state index contributed by atoms with van der Waals surface area (Å²) in [6, 6.07) is 2.02. The molecule has 0 aromatic carbocycles. The largest absolute Gasteiger partial charge is 0.478 e. The Balaban J connectivity index is 1.90. The highest BCUT2D eigenvalue weighted by molar-refractivity contribution is 7.10. The SMILES string of the molecule is COC(=O)NC1CCN(Cc2sccc2/C=C/C(=O)O)C1. The molecule has 1 aliphatic heterocycles. The first-order valence-corrected chi connectivity index (χ1v) is 7.50. The molecule has 114 valence electrons. The van der Waals surface area contributed by atoms with Gasteiger partial charge in [0.2, 0.25) is 0 Å². The third-order valence-corrected chi connectivity index (χ3v) is 4.25. The van der Waals surface area contributed by atoms with Crippen molar-refractivity contribution in [3.63, 3.8) is 0 Å². The van der Waals surface area contributed by atoms with Gasteiger partial charge in [-0.05, 0) is 29.5 Å². The lowest BCUT2D eigenvalue weighted by Crippen LogP contribution is -2.36. The first kappa shape index (κ1) is 15.5. The summed E-state index contributed by atoms with van der Waals surface area (Å²) in [6.45, 7) is 2.43. The summed E-state index contributed by atoms with van der Waals surface area (Å²) in [4.78, 5) is 25.1. The fraction of sp³-hybridized carbons (Fsp3) is 0.429. The number of carboxylic acid groups (broad SMARTS) is 1. The molecule has 0 spiro atoms. The number of nitrogens with one attached hydrogen (secondary N) is 1. The number of ether oxygens (including phenoxy) is 1. The molecule has 1 aromatic heterocycles. The monoisotopic (exact) mass is 310 g/mol. The maximum Gasteiger partial charge on any atom is 0.407 e. The van der Waals surface area contributed by atoms with Gasteiger partial charge in [-0.2, -0.15) is 0 Å². The molecule has 2 heterocycles. The van der Waals surface area contributed by atoms with E-state index in [2.05, 4.69) is 15.0 Å². The molecule has 0 radical (unpaired) electrons. The average molecular weight is 310 g/mol. The van der Waals surface area contributed by atoms with Crippen LogP contribution < -0.4 is 5.32 Å². The Morgan fingerprint density at radius 2 is 2.43 bits per heavy atom. The Kier molecular flexibility index (Phi) is 5.35. The van der Waals surface area contributed by atoms with Crippen LogP contribution in [0.4, 0.5) is 4.79 Å². The van der Waals surface area contributed by atoms with Crippen molar-refractivity contribution in [1.29, 1.82) is 0 Å². The van der Waals surface area contributed by atoms with Gasteiger partial charge >= 0.3 is 12.1 Å². The lowest BCUT2D eigenvalue weighted by atomic mass is 10.2. The first-order chi connectivity index (χ1) is 10.1. The second-order valence-electron chi connectivity index (χ2n) is 4.83. The maximum absolute atomic E-state index is 11.2. The molecular weight excluding hydrogens is 292 g/mol.